The highest BCUT2D eigenvalue weighted by Gasteiger charge is 2.01. The number of nitrogens with zero attached hydrogens (tertiary/aromatic N) is 2. The fourth-order valence-corrected chi connectivity index (χ4v) is 2.00. The molecule has 0 saturated carbocycles. The molecule has 0 radical (unpaired) electrons. The first-order chi connectivity index (χ1) is 10.1. The first kappa shape index (κ1) is 15.1. The molecule has 0 unspecified atom stereocenters. The van der Waals surface area contributed by atoms with Crippen LogP contribution in [0.4, 0.5) is 10.5 Å². The molecule has 1 aromatic heterocycles. The first-order valence-electron chi connectivity index (χ1n) is 7.08. The summed E-state index contributed by atoms with van der Waals surface area (Å²) in [4.78, 5) is 13.8. The Labute approximate surface area is 125 Å². The molecule has 2 aromatic rings. The molecule has 0 aliphatic carbocycles. The van der Waals surface area contributed by atoms with E-state index in [-0.39, 0.29) is 6.03 Å². The van der Waals surface area contributed by atoms with Crippen molar-refractivity contribution in [1.29, 1.82) is 0 Å². The Hall–Kier alpha value is -2.27. The lowest BCUT2D eigenvalue weighted by Gasteiger charge is -2.11. The van der Waals surface area contributed by atoms with Gasteiger partial charge < -0.3 is 20.1 Å². The summed E-state index contributed by atoms with van der Waals surface area (Å²) in [7, 11) is 4.04. The van der Waals surface area contributed by atoms with Crippen LogP contribution in [-0.2, 0) is 0 Å². The van der Waals surface area contributed by atoms with Gasteiger partial charge in [-0.15, -0.1) is 0 Å². The highest BCUT2D eigenvalue weighted by Crippen LogP contribution is 2.13. The minimum Gasteiger partial charge on any atom is -0.338 e. The SMILES string of the molecule is CN(C)CCCNC(=O)Nc1ccc(-n2cccc2)cc1. The molecule has 2 N–H and O–H groups in total. The van der Waals surface area contributed by atoms with Crippen LogP contribution in [0.5, 0.6) is 0 Å². The van der Waals surface area contributed by atoms with Crippen molar-refractivity contribution >= 4 is 11.7 Å². The van der Waals surface area contributed by atoms with Crippen molar-refractivity contribution < 1.29 is 4.79 Å². The van der Waals surface area contributed by atoms with Gasteiger partial charge in [-0.3, -0.25) is 0 Å². The molecule has 0 fully saturated rings. The Morgan fingerprint density at radius 2 is 1.81 bits per heavy atom. The highest BCUT2D eigenvalue weighted by molar-refractivity contribution is 5.89. The molecule has 21 heavy (non-hydrogen) atoms. The van der Waals surface area contributed by atoms with Gasteiger partial charge in [-0.1, -0.05) is 0 Å². The minimum atomic E-state index is -0.164. The fraction of sp³-hybridized carbons (Fsp3) is 0.312. The van der Waals surface area contributed by atoms with Gasteiger partial charge in [-0.25, -0.2) is 4.79 Å². The van der Waals surface area contributed by atoms with E-state index < -0.39 is 0 Å². The van der Waals surface area contributed by atoms with Gasteiger partial charge >= 0.3 is 6.03 Å². The third kappa shape index (κ3) is 4.96. The van der Waals surface area contributed by atoms with E-state index in [0.717, 1.165) is 24.3 Å². The fourth-order valence-electron chi connectivity index (χ4n) is 2.00. The van der Waals surface area contributed by atoms with Crippen molar-refractivity contribution in [1.82, 2.24) is 14.8 Å². The number of hydrogen-bond acceptors (Lipinski definition) is 2. The normalized spacial score (nSPS) is 10.6. The monoisotopic (exact) mass is 286 g/mol. The second-order valence-corrected chi connectivity index (χ2v) is 5.17. The van der Waals surface area contributed by atoms with Gasteiger partial charge in [0.05, 0.1) is 0 Å². The average molecular weight is 286 g/mol. The van der Waals surface area contributed by atoms with Crippen molar-refractivity contribution in [2.24, 2.45) is 0 Å². The number of carbonyl (C=O) groups is 1. The van der Waals surface area contributed by atoms with Crippen LogP contribution >= 0.6 is 0 Å². The van der Waals surface area contributed by atoms with Gasteiger partial charge in [0, 0.05) is 30.3 Å². The number of nitrogens with one attached hydrogen (secondary N) is 2. The number of aromatic nitrogens is 1. The molecule has 0 aliphatic heterocycles. The van der Waals surface area contributed by atoms with Crippen molar-refractivity contribution in [3.63, 3.8) is 0 Å². The van der Waals surface area contributed by atoms with E-state index in [1.807, 2.05) is 67.5 Å². The molecule has 1 aromatic carbocycles. The standard InChI is InChI=1S/C16H22N4O/c1-19(2)11-5-10-17-16(21)18-14-6-8-15(9-7-14)20-12-3-4-13-20/h3-4,6-9,12-13H,5,10-11H2,1-2H3,(H2,17,18,21). The number of amides is 2. The van der Waals surface area contributed by atoms with Crippen LogP contribution in [0.1, 0.15) is 6.42 Å². The number of hydrogen-bond donors (Lipinski definition) is 2. The van der Waals surface area contributed by atoms with Gasteiger partial charge in [-0.2, -0.15) is 0 Å². The zero-order chi connectivity index (χ0) is 15.1. The van der Waals surface area contributed by atoms with Gasteiger partial charge in [-0.05, 0) is 63.5 Å². The van der Waals surface area contributed by atoms with Gasteiger partial charge in [0.1, 0.15) is 0 Å². The zero-order valence-electron chi connectivity index (χ0n) is 12.5. The van der Waals surface area contributed by atoms with Crippen LogP contribution in [0.25, 0.3) is 5.69 Å². The third-order valence-electron chi connectivity index (χ3n) is 3.10. The second kappa shape index (κ2) is 7.50. The molecule has 0 atom stereocenters. The van der Waals surface area contributed by atoms with Crippen molar-refractivity contribution in [2.45, 2.75) is 6.42 Å². The predicted molar refractivity (Wildman–Crippen MR) is 86.0 cm³/mol. The Morgan fingerprint density at radius 1 is 1.14 bits per heavy atom. The molecular formula is C16H22N4O. The maximum Gasteiger partial charge on any atom is 0.319 e. The second-order valence-electron chi connectivity index (χ2n) is 5.17. The van der Waals surface area contributed by atoms with Gasteiger partial charge in [0.2, 0.25) is 0 Å². The van der Waals surface area contributed by atoms with Crippen LogP contribution in [0.3, 0.4) is 0 Å². The predicted octanol–water partition coefficient (Wildman–Crippen LogP) is 2.55. The summed E-state index contributed by atoms with van der Waals surface area (Å²) in [5.41, 5.74) is 1.85. The maximum atomic E-state index is 11.7. The highest BCUT2D eigenvalue weighted by atomic mass is 16.2. The van der Waals surface area contributed by atoms with E-state index in [1.165, 1.54) is 0 Å². The molecule has 2 amide bonds. The van der Waals surface area contributed by atoms with E-state index in [1.54, 1.807) is 0 Å². The Kier molecular flexibility index (Phi) is 5.40. The topological polar surface area (TPSA) is 49.3 Å². The summed E-state index contributed by atoms with van der Waals surface area (Å²) in [5, 5.41) is 5.68. The largest absolute Gasteiger partial charge is 0.338 e. The summed E-state index contributed by atoms with van der Waals surface area (Å²) in [6.45, 7) is 1.64. The number of urea groups is 1. The Morgan fingerprint density at radius 3 is 2.43 bits per heavy atom. The van der Waals surface area contributed by atoms with Crippen LogP contribution in [0.15, 0.2) is 48.8 Å². The minimum absolute atomic E-state index is 0.164. The van der Waals surface area contributed by atoms with Crippen molar-refractivity contribution in [3.8, 4) is 5.69 Å². The number of anilines is 1. The van der Waals surface area contributed by atoms with Gasteiger partial charge in [0.15, 0.2) is 0 Å². The lowest BCUT2D eigenvalue weighted by molar-refractivity contribution is 0.251. The third-order valence-corrected chi connectivity index (χ3v) is 3.10. The summed E-state index contributed by atoms with van der Waals surface area (Å²) in [6.07, 6.45) is 4.91. The molecule has 0 saturated heterocycles. The zero-order valence-corrected chi connectivity index (χ0v) is 12.5. The van der Waals surface area contributed by atoms with E-state index in [9.17, 15) is 4.79 Å². The molecule has 0 aliphatic rings. The van der Waals surface area contributed by atoms with Crippen LogP contribution in [-0.4, -0.2) is 42.7 Å². The lowest BCUT2D eigenvalue weighted by atomic mass is 10.3. The van der Waals surface area contributed by atoms with Crippen LogP contribution in [0.2, 0.25) is 0 Å². The van der Waals surface area contributed by atoms with Crippen LogP contribution in [0, 0.1) is 0 Å². The smallest absolute Gasteiger partial charge is 0.319 e. The molecule has 0 bridgehead atoms. The summed E-state index contributed by atoms with van der Waals surface area (Å²) in [5.74, 6) is 0. The van der Waals surface area contributed by atoms with Crippen molar-refractivity contribution in [3.05, 3.63) is 48.8 Å². The molecule has 2 rings (SSSR count). The molecular weight excluding hydrogens is 264 g/mol. The van der Waals surface area contributed by atoms with Crippen LogP contribution < -0.4 is 10.6 Å². The van der Waals surface area contributed by atoms with E-state index in [4.69, 9.17) is 0 Å². The summed E-state index contributed by atoms with van der Waals surface area (Å²) in [6, 6.07) is 11.5. The van der Waals surface area contributed by atoms with E-state index in [2.05, 4.69) is 15.5 Å². The summed E-state index contributed by atoms with van der Waals surface area (Å²) < 4.78 is 2.02. The van der Waals surface area contributed by atoms with Crippen molar-refractivity contribution in [2.75, 3.05) is 32.5 Å². The molecule has 0 spiro atoms. The number of carbonyl (C=O) groups excluding carboxylic acids is 1. The first-order valence-corrected chi connectivity index (χ1v) is 7.08. The molecule has 5 heteroatoms. The molecule has 5 nitrogen and oxygen atoms in total. The molecule has 112 valence electrons. The van der Waals surface area contributed by atoms with E-state index in [0.29, 0.717) is 6.54 Å². The van der Waals surface area contributed by atoms with E-state index >= 15 is 0 Å². The maximum absolute atomic E-state index is 11.7. The lowest BCUT2D eigenvalue weighted by Crippen LogP contribution is -2.31. The number of rotatable bonds is 6. The quantitative estimate of drug-likeness (QED) is 0.802. The number of benzene rings is 1. The average Bonchev–Trinajstić information content (AvgIpc) is 2.98. The Balaban J connectivity index is 1.79. The summed E-state index contributed by atoms with van der Waals surface area (Å²) >= 11 is 0. The Bertz CT molecular complexity index is 546. The van der Waals surface area contributed by atoms with Gasteiger partial charge in [0.25, 0.3) is 0 Å². The molecule has 1 heterocycles.